The Labute approximate surface area is 85.1 Å². The van der Waals surface area contributed by atoms with Crippen molar-refractivity contribution in [2.24, 2.45) is 0 Å². The average molecular weight is 191 g/mol. The van der Waals surface area contributed by atoms with Gasteiger partial charge in [0.2, 0.25) is 0 Å². The Morgan fingerprint density at radius 3 is 2.86 bits per heavy atom. The minimum absolute atomic E-state index is 0.849. The molecule has 2 rings (SSSR count). The summed E-state index contributed by atoms with van der Waals surface area (Å²) in [5.41, 5.74) is 1.12. The number of nitrogens with zero attached hydrogens (tertiary/aromatic N) is 2. The van der Waals surface area contributed by atoms with E-state index in [0.717, 1.165) is 31.1 Å². The summed E-state index contributed by atoms with van der Waals surface area (Å²) < 4.78 is 0. The molecule has 1 saturated heterocycles. The van der Waals surface area contributed by atoms with E-state index in [2.05, 4.69) is 33.4 Å². The van der Waals surface area contributed by atoms with Gasteiger partial charge in [0, 0.05) is 19.6 Å². The van der Waals surface area contributed by atoms with Crippen molar-refractivity contribution in [1.29, 1.82) is 0 Å². The summed E-state index contributed by atoms with van der Waals surface area (Å²) in [6, 6.07) is 6.26. The van der Waals surface area contributed by atoms with E-state index >= 15 is 0 Å². The first-order chi connectivity index (χ1) is 6.90. The zero-order valence-electron chi connectivity index (χ0n) is 8.66. The van der Waals surface area contributed by atoms with Crippen molar-refractivity contribution >= 4 is 5.82 Å². The highest BCUT2D eigenvalue weighted by Gasteiger charge is 2.13. The SMILES string of the molecule is CNCc1cccc(N2CCCC2)n1. The van der Waals surface area contributed by atoms with Crippen LogP contribution >= 0.6 is 0 Å². The Hall–Kier alpha value is -1.09. The summed E-state index contributed by atoms with van der Waals surface area (Å²) in [5, 5.41) is 3.12. The molecule has 0 amide bonds. The summed E-state index contributed by atoms with van der Waals surface area (Å²) >= 11 is 0. The van der Waals surface area contributed by atoms with Crippen LogP contribution in [0.15, 0.2) is 18.2 Å². The number of hydrogen-bond acceptors (Lipinski definition) is 3. The lowest BCUT2D eigenvalue weighted by Crippen LogP contribution is -2.19. The lowest BCUT2D eigenvalue weighted by Gasteiger charge is -2.16. The number of rotatable bonds is 3. The molecule has 0 aliphatic carbocycles. The maximum atomic E-state index is 4.61. The minimum atomic E-state index is 0.849. The van der Waals surface area contributed by atoms with Crippen molar-refractivity contribution in [1.82, 2.24) is 10.3 Å². The Balaban J connectivity index is 2.12. The number of nitrogens with one attached hydrogen (secondary N) is 1. The standard InChI is InChI=1S/C11H17N3/c1-12-9-10-5-4-6-11(13-10)14-7-2-3-8-14/h4-6,12H,2-3,7-9H2,1H3. The molecule has 0 aromatic carbocycles. The maximum absolute atomic E-state index is 4.61. The predicted octanol–water partition coefficient (Wildman–Crippen LogP) is 1.40. The molecule has 0 spiro atoms. The lowest BCUT2D eigenvalue weighted by atomic mass is 10.3. The van der Waals surface area contributed by atoms with Gasteiger partial charge in [0.15, 0.2) is 0 Å². The average Bonchev–Trinajstić information content (AvgIpc) is 2.71. The van der Waals surface area contributed by atoms with E-state index < -0.39 is 0 Å². The van der Waals surface area contributed by atoms with Gasteiger partial charge in [-0.05, 0) is 32.0 Å². The Morgan fingerprint density at radius 1 is 1.36 bits per heavy atom. The van der Waals surface area contributed by atoms with Gasteiger partial charge in [-0.25, -0.2) is 4.98 Å². The summed E-state index contributed by atoms with van der Waals surface area (Å²) in [7, 11) is 1.95. The zero-order valence-corrected chi connectivity index (χ0v) is 8.66. The fraction of sp³-hybridized carbons (Fsp3) is 0.545. The second-order valence-corrected chi connectivity index (χ2v) is 3.71. The molecule has 0 bridgehead atoms. The molecule has 0 unspecified atom stereocenters. The van der Waals surface area contributed by atoms with E-state index in [1.165, 1.54) is 12.8 Å². The smallest absolute Gasteiger partial charge is 0.128 e. The summed E-state index contributed by atoms with van der Waals surface area (Å²) in [6.07, 6.45) is 2.61. The van der Waals surface area contributed by atoms with E-state index in [-0.39, 0.29) is 0 Å². The van der Waals surface area contributed by atoms with Crippen molar-refractivity contribution in [3.8, 4) is 0 Å². The highest BCUT2D eigenvalue weighted by Crippen LogP contribution is 2.17. The topological polar surface area (TPSA) is 28.2 Å². The van der Waals surface area contributed by atoms with Crippen molar-refractivity contribution in [2.75, 3.05) is 25.0 Å². The number of aromatic nitrogens is 1. The van der Waals surface area contributed by atoms with Crippen LogP contribution in [-0.4, -0.2) is 25.1 Å². The molecule has 1 aliphatic heterocycles. The van der Waals surface area contributed by atoms with Gasteiger partial charge in [-0.2, -0.15) is 0 Å². The van der Waals surface area contributed by atoms with Crippen LogP contribution in [0.1, 0.15) is 18.5 Å². The van der Waals surface area contributed by atoms with Gasteiger partial charge in [-0.3, -0.25) is 0 Å². The van der Waals surface area contributed by atoms with E-state index in [1.807, 2.05) is 7.05 Å². The van der Waals surface area contributed by atoms with E-state index in [1.54, 1.807) is 0 Å². The molecule has 76 valence electrons. The first-order valence-corrected chi connectivity index (χ1v) is 5.25. The lowest BCUT2D eigenvalue weighted by molar-refractivity contribution is 0.785. The third kappa shape index (κ3) is 2.04. The van der Waals surface area contributed by atoms with Gasteiger partial charge in [-0.15, -0.1) is 0 Å². The third-order valence-electron chi connectivity index (χ3n) is 2.58. The molecule has 3 nitrogen and oxygen atoms in total. The molecule has 2 heterocycles. The van der Waals surface area contributed by atoms with E-state index in [9.17, 15) is 0 Å². The molecular weight excluding hydrogens is 174 g/mol. The van der Waals surface area contributed by atoms with E-state index in [4.69, 9.17) is 0 Å². The summed E-state index contributed by atoms with van der Waals surface area (Å²) in [5.74, 6) is 1.13. The Kier molecular flexibility index (Phi) is 2.99. The first-order valence-electron chi connectivity index (χ1n) is 5.25. The van der Waals surface area contributed by atoms with Gasteiger partial charge in [0.1, 0.15) is 5.82 Å². The van der Waals surface area contributed by atoms with Crippen LogP contribution in [0, 0.1) is 0 Å². The molecule has 0 radical (unpaired) electrons. The predicted molar refractivity (Wildman–Crippen MR) is 58.4 cm³/mol. The molecule has 1 aliphatic rings. The molecule has 1 aromatic heterocycles. The van der Waals surface area contributed by atoms with Crippen LogP contribution in [0.25, 0.3) is 0 Å². The van der Waals surface area contributed by atoms with Gasteiger partial charge >= 0.3 is 0 Å². The van der Waals surface area contributed by atoms with Crippen molar-refractivity contribution in [3.05, 3.63) is 23.9 Å². The highest BCUT2D eigenvalue weighted by molar-refractivity contribution is 5.40. The number of pyridine rings is 1. The van der Waals surface area contributed by atoms with Crippen LogP contribution in [0.5, 0.6) is 0 Å². The molecule has 1 N–H and O–H groups in total. The summed E-state index contributed by atoms with van der Waals surface area (Å²) in [4.78, 5) is 6.97. The number of anilines is 1. The van der Waals surface area contributed by atoms with Crippen LogP contribution in [-0.2, 0) is 6.54 Å². The minimum Gasteiger partial charge on any atom is -0.357 e. The van der Waals surface area contributed by atoms with Crippen molar-refractivity contribution < 1.29 is 0 Å². The fourth-order valence-electron chi connectivity index (χ4n) is 1.87. The van der Waals surface area contributed by atoms with Gasteiger partial charge in [0.25, 0.3) is 0 Å². The fourth-order valence-corrected chi connectivity index (χ4v) is 1.87. The summed E-state index contributed by atoms with van der Waals surface area (Å²) in [6.45, 7) is 3.17. The quantitative estimate of drug-likeness (QED) is 0.782. The van der Waals surface area contributed by atoms with Crippen LogP contribution in [0.4, 0.5) is 5.82 Å². The monoisotopic (exact) mass is 191 g/mol. The molecule has 3 heteroatoms. The van der Waals surface area contributed by atoms with Crippen molar-refractivity contribution in [3.63, 3.8) is 0 Å². The molecule has 0 atom stereocenters. The van der Waals surface area contributed by atoms with Gasteiger partial charge in [0.05, 0.1) is 5.69 Å². The molecule has 0 saturated carbocycles. The number of hydrogen-bond donors (Lipinski definition) is 1. The first kappa shape index (κ1) is 9.46. The molecule has 14 heavy (non-hydrogen) atoms. The van der Waals surface area contributed by atoms with Crippen LogP contribution in [0.2, 0.25) is 0 Å². The largest absolute Gasteiger partial charge is 0.357 e. The second-order valence-electron chi connectivity index (χ2n) is 3.71. The zero-order chi connectivity index (χ0) is 9.80. The van der Waals surface area contributed by atoms with E-state index in [0.29, 0.717) is 0 Å². The molecule has 1 fully saturated rings. The van der Waals surface area contributed by atoms with Crippen molar-refractivity contribution in [2.45, 2.75) is 19.4 Å². The second kappa shape index (κ2) is 4.42. The molecule has 1 aromatic rings. The maximum Gasteiger partial charge on any atom is 0.128 e. The highest BCUT2D eigenvalue weighted by atomic mass is 15.2. The Bertz CT molecular complexity index is 292. The Morgan fingerprint density at radius 2 is 2.14 bits per heavy atom. The third-order valence-corrected chi connectivity index (χ3v) is 2.58. The van der Waals surface area contributed by atoms with Crippen LogP contribution in [0.3, 0.4) is 0 Å². The van der Waals surface area contributed by atoms with Gasteiger partial charge in [-0.1, -0.05) is 6.07 Å². The normalized spacial score (nSPS) is 16.2. The molecular formula is C11H17N3. The van der Waals surface area contributed by atoms with Crippen LogP contribution < -0.4 is 10.2 Å². The van der Waals surface area contributed by atoms with Gasteiger partial charge < -0.3 is 10.2 Å².